The highest BCUT2D eigenvalue weighted by atomic mass is 16.6. The third-order valence-electron chi connectivity index (χ3n) is 12.7. The molecular formula is C60H95N5O20. The topological polar surface area (TPSA) is 311 Å². The van der Waals surface area contributed by atoms with Crippen LogP contribution in [0.4, 0.5) is 4.79 Å². The number of hydrogen-bond acceptors (Lipinski definition) is 19. The van der Waals surface area contributed by atoms with Crippen molar-refractivity contribution in [3.05, 3.63) is 59.7 Å². The fourth-order valence-electron chi connectivity index (χ4n) is 8.41. The number of nitrogens with one attached hydrogen (secondary N) is 5. The van der Waals surface area contributed by atoms with Gasteiger partial charge in [0, 0.05) is 39.0 Å². The Hall–Kier alpha value is -5.87. The lowest BCUT2D eigenvalue weighted by Gasteiger charge is -2.24. The maximum Gasteiger partial charge on any atom is 0.407 e. The van der Waals surface area contributed by atoms with E-state index in [1.807, 2.05) is 48.5 Å². The number of rotatable bonds is 50. The third-order valence-corrected chi connectivity index (χ3v) is 12.7. The number of methoxy groups -OCH3 is 1. The maximum absolute atomic E-state index is 13.7. The number of aliphatic carboxylic acids is 1. The van der Waals surface area contributed by atoms with E-state index in [1.165, 1.54) is 0 Å². The molecule has 25 nitrogen and oxygen atoms in total. The Balaban J connectivity index is 1.32. The minimum Gasteiger partial charge on any atom is -0.480 e. The molecule has 0 radical (unpaired) electrons. The number of fused-ring (bicyclic) bond motifs is 3. The summed E-state index contributed by atoms with van der Waals surface area (Å²) in [6, 6.07) is 12.3. The number of alkyl carbamates (subject to hydrolysis) is 1. The highest BCUT2D eigenvalue weighted by Crippen LogP contribution is 2.44. The molecule has 0 aliphatic heterocycles. The molecule has 6 N–H and O–H groups in total. The number of esters is 1. The van der Waals surface area contributed by atoms with E-state index in [-0.39, 0.29) is 83.4 Å². The van der Waals surface area contributed by atoms with Crippen LogP contribution in [0.25, 0.3) is 11.1 Å². The van der Waals surface area contributed by atoms with E-state index in [4.69, 9.17) is 56.8 Å². The largest absolute Gasteiger partial charge is 0.480 e. The smallest absolute Gasteiger partial charge is 0.407 e. The van der Waals surface area contributed by atoms with Gasteiger partial charge >= 0.3 is 18.0 Å². The van der Waals surface area contributed by atoms with E-state index >= 15 is 0 Å². The number of carbonyl (C=O) groups excluding carboxylic acids is 6. The van der Waals surface area contributed by atoms with Gasteiger partial charge in [-0.25, -0.2) is 9.59 Å². The van der Waals surface area contributed by atoms with Gasteiger partial charge in [0.1, 0.15) is 36.9 Å². The Morgan fingerprint density at radius 1 is 0.518 bits per heavy atom. The Bertz CT molecular complexity index is 2190. The summed E-state index contributed by atoms with van der Waals surface area (Å²) in [4.78, 5) is 90.3. The van der Waals surface area contributed by atoms with Gasteiger partial charge in [-0.2, -0.15) is 0 Å². The van der Waals surface area contributed by atoms with Crippen LogP contribution in [0.3, 0.4) is 0 Å². The van der Waals surface area contributed by atoms with Crippen LogP contribution in [0, 0.1) is 5.92 Å². The molecule has 2 aromatic carbocycles. The molecule has 85 heavy (non-hydrogen) atoms. The second-order valence-electron chi connectivity index (χ2n) is 21.0. The molecule has 25 heteroatoms. The predicted molar refractivity (Wildman–Crippen MR) is 312 cm³/mol. The van der Waals surface area contributed by atoms with Crippen LogP contribution in [-0.2, 0) is 85.6 Å². The van der Waals surface area contributed by atoms with E-state index in [9.17, 15) is 38.7 Å². The first kappa shape index (κ1) is 73.4. The highest BCUT2D eigenvalue weighted by molar-refractivity contribution is 5.91. The SMILES string of the molecule is COCCOCCOCCOCCOCCOCCOCCOCCOCCOCC(=O)NCCCC[C@H](NC(=O)OCC1c2ccccc2-c2ccccc21)C(=O)NCCCC(=O)N[C@@H](CCC(=O)OC(C)(C)C)C(=O)N[C@H](C(=O)O)C(C)C. The molecule has 0 fully saturated rings. The van der Waals surface area contributed by atoms with E-state index in [0.29, 0.717) is 119 Å². The van der Waals surface area contributed by atoms with Gasteiger partial charge < -0.3 is 88.5 Å². The predicted octanol–water partition coefficient (Wildman–Crippen LogP) is 3.70. The van der Waals surface area contributed by atoms with Crippen molar-refractivity contribution in [1.82, 2.24) is 26.6 Å². The summed E-state index contributed by atoms with van der Waals surface area (Å²) in [6.45, 7) is 16.3. The zero-order valence-electron chi connectivity index (χ0n) is 50.7. The monoisotopic (exact) mass is 1210 g/mol. The van der Waals surface area contributed by atoms with Crippen molar-refractivity contribution in [3.8, 4) is 11.1 Å². The fourth-order valence-corrected chi connectivity index (χ4v) is 8.41. The average Bonchev–Trinajstić information content (AvgIpc) is 1.86. The number of ether oxygens (including phenoxy) is 12. The lowest BCUT2D eigenvalue weighted by Crippen LogP contribution is -2.53. The molecule has 3 atom stereocenters. The summed E-state index contributed by atoms with van der Waals surface area (Å²) < 4.78 is 65.2. The summed E-state index contributed by atoms with van der Waals surface area (Å²) in [5, 5.41) is 23.0. The van der Waals surface area contributed by atoms with Gasteiger partial charge in [0.2, 0.25) is 23.6 Å². The van der Waals surface area contributed by atoms with Crippen molar-refractivity contribution in [3.63, 3.8) is 0 Å². The van der Waals surface area contributed by atoms with Crippen molar-refractivity contribution >= 4 is 41.7 Å². The van der Waals surface area contributed by atoms with Gasteiger partial charge in [0.25, 0.3) is 0 Å². The van der Waals surface area contributed by atoms with Crippen LogP contribution in [0.5, 0.6) is 0 Å². The number of carboxylic acid groups (broad SMARTS) is 1. The Morgan fingerprint density at radius 2 is 0.976 bits per heavy atom. The Labute approximate surface area is 500 Å². The first-order valence-electron chi connectivity index (χ1n) is 29.4. The number of unbranched alkanes of at least 4 members (excludes halogenated alkanes) is 1. The molecule has 0 aromatic heterocycles. The molecule has 0 spiro atoms. The van der Waals surface area contributed by atoms with E-state index in [0.717, 1.165) is 22.3 Å². The van der Waals surface area contributed by atoms with Crippen molar-refractivity contribution in [1.29, 1.82) is 0 Å². The van der Waals surface area contributed by atoms with E-state index < -0.39 is 65.4 Å². The molecule has 1 aliphatic carbocycles. The van der Waals surface area contributed by atoms with Crippen LogP contribution in [0.2, 0.25) is 0 Å². The zero-order valence-corrected chi connectivity index (χ0v) is 50.7. The van der Waals surface area contributed by atoms with Crippen molar-refractivity contribution in [2.75, 3.05) is 152 Å². The van der Waals surface area contributed by atoms with Crippen LogP contribution in [0.15, 0.2) is 48.5 Å². The molecule has 480 valence electrons. The number of benzene rings is 2. The number of amides is 5. The summed E-state index contributed by atoms with van der Waals surface area (Å²) in [5.41, 5.74) is 3.39. The van der Waals surface area contributed by atoms with Crippen LogP contribution >= 0.6 is 0 Å². The number of carbonyl (C=O) groups is 7. The Kier molecular flexibility index (Phi) is 38.5. The molecule has 3 rings (SSSR count). The third kappa shape index (κ3) is 33.6. The quantitative estimate of drug-likeness (QED) is 0.0406. The summed E-state index contributed by atoms with van der Waals surface area (Å²) in [5.74, 6) is -4.73. The summed E-state index contributed by atoms with van der Waals surface area (Å²) in [7, 11) is 1.63. The van der Waals surface area contributed by atoms with Crippen LogP contribution < -0.4 is 26.6 Å². The minimum atomic E-state index is -1.25. The first-order valence-corrected chi connectivity index (χ1v) is 29.4. The maximum atomic E-state index is 13.7. The van der Waals surface area contributed by atoms with E-state index in [2.05, 4.69) is 26.6 Å². The van der Waals surface area contributed by atoms with Gasteiger partial charge in [-0.15, -0.1) is 0 Å². The minimum absolute atomic E-state index is 0.0169. The highest BCUT2D eigenvalue weighted by Gasteiger charge is 2.32. The van der Waals surface area contributed by atoms with Gasteiger partial charge in [-0.1, -0.05) is 62.4 Å². The summed E-state index contributed by atoms with van der Waals surface area (Å²) in [6.07, 6.45) is -0.0977. The zero-order chi connectivity index (χ0) is 61.9. The summed E-state index contributed by atoms with van der Waals surface area (Å²) >= 11 is 0. The van der Waals surface area contributed by atoms with Gasteiger partial charge in [-0.3, -0.25) is 24.0 Å². The molecule has 5 amide bonds. The number of hydrogen-bond donors (Lipinski definition) is 6. The standard InChI is InChI=1S/C60H95N5O20/c1-44(2)55(58(71)72)65-57(70)51(20-21-54(68)85-60(3,4)5)63-52(66)19-13-23-62-56(69)50(64-59(73)84-42-49-47-16-9-7-14-45(47)46-15-8-10-17-48(46)49)18-11-12-22-61-53(67)43-83-41-40-82-39-38-81-37-36-80-35-34-79-33-32-78-31-30-77-29-28-76-27-26-75-25-24-74-6/h7-10,14-17,44,49-51,55H,11-13,18-43H2,1-6H3,(H,61,67)(H,62,69)(H,63,66)(H,64,73)(H,65,70)(H,71,72)/t50-,51-,55-/m0/s1. The lowest BCUT2D eigenvalue weighted by atomic mass is 9.98. The van der Waals surface area contributed by atoms with Crippen molar-refractivity contribution < 1.29 is 95.5 Å². The molecule has 0 saturated heterocycles. The first-order chi connectivity index (χ1) is 41.0. The van der Waals surface area contributed by atoms with Gasteiger partial charge in [0.15, 0.2) is 0 Å². The average molecular weight is 1210 g/mol. The lowest BCUT2D eigenvalue weighted by molar-refractivity contribution is -0.155. The molecule has 0 unspecified atom stereocenters. The molecule has 1 aliphatic rings. The van der Waals surface area contributed by atoms with Crippen LogP contribution in [-0.4, -0.2) is 223 Å². The molecule has 0 heterocycles. The molecule has 0 bridgehead atoms. The molecule has 2 aromatic rings. The van der Waals surface area contributed by atoms with Crippen LogP contribution in [0.1, 0.15) is 96.6 Å². The number of carboxylic acids is 1. The van der Waals surface area contributed by atoms with Gasteiger partial charge in [0.05, 0.1) is 119 Å². The van der Waals surface area contributed by atoms with E-state index in [1.54, 1.807) is 41.7 Å². The second-order valence-corrected chi connectivity index (χ2v) is 21.0. The Morgan fingerprint density at radius 3 is 1.45 bits per heavy atom. The molecule has 0 saturated carbocycles. The van der Waals surface area contributed by atoms with Crippen molar-refractivity contribution in [2.24, 2.45) is 5.92 Å². The normalized spacial score (nSPS) is 13.1. The van der Waals surface area contributed by atoms with Gasteiger partial charge in [-0.05, 0) is 81.0 Å². The van der Waals surface area contributed by atoms with Crippen molar-refractivity contribution in [2.45, 2.75) is 109 Å². The second kappa shape index (κ2) is 44.6. The fraction of sp³-hybridized carbons (Fsp3) is 0.683. The molecular weight excluding hydrogens is 1110 g/mol.